The quantitative estimate of drug-likeness (QED) is 0.626. The molecule has 1 heterocycles. The molecular formula is C15H30N4. The van der Waals surface area contributed by atoms with E-state index in [0.29, 0.717) is 6.04 Å². The first-order valence-electron chi connectivity index (χ1n) is 7.91. The van der Waals surface area contributed by atoms with E-state index in [1.165, 1.54) is 32.1 Å². The minimum absolute atomic E-state index is 0.543. The summed E-state index contributed by atoms with van der Waals surface area (Å²) < 4.78 is 2.05. The SMILES string of the molecule is CCCCCCC(Cc1ncnn1CCC)NCC. The normalized spacial score (nSPS) is 12.8. The van der Waals surface area contributed by atoms with Gasteiger partial charge in [0.05, 0.1) is 0 Å². The van der Waals surface area contributed by atoms with Crippen LogP contribution in [-0.2, 0) is 13.0 Å². The van der Waals surface area contributed by atoms with Crippen molar-refractivity contribution in [1.82, 2.24) is 20.1 Å². The van der Waals surface area contributed by atoms with Gasteiger partial charge >= 0.3 is 0 Å². The Morgan fingerprint density at radius 3 is 2.68 bits per heavy atom. The van der Waals surface area contributed by atoms with E-state index in [2.05, 4.69) is 40.9 Å². The lowest BCUT2D eigenvalue weighted by molar-refractivity contribution is 0.441. The first kappa shape index (κ1) is 16.2. The first-order chi connectivity index (χ1) is 9.31. The molecule has 0 aliphatic carbocycles. The zero-order valence-electron chi connectivity index (χ0n) is 12.9. The molecule has 4 heteroatoms. The molecule has 0 radical (unpaired) electrons. The monoisotopic (exact) mass is 266 g/mol. The van der Waals surface area contributed by atoms with Crippen LogP contribution in [0, 0.1) is 0 Å². The number of aromatic nitrogens is 3. The number of nitrogens with zero attached hydrogens (tertiary/aromatic N) is 3. The summed E-state index contributed by atoms with van der Waals surface area (Å²) in [6.07, 6.45) is 10.4. The van der Waals surface area contributed by atoms with Gasteiger partial charge in [-0.1, -0.05) is 46.5 Å². The van der Waals surface area contributed by atoms with E-state index in [1.54, 1.807) is 6.33 Å². The van der Waals surface area contributed by atoms with E-state index in [-0.39, 0.29) is 0 Å². The van der Waals surface area contributed by atoms with Gasteiger partial charge in [-0.2, -0.15) is 5.10 Å². The second-order valence-corrected chi connectivity index (χ2v) is 5.21. The summed E-state index contributed by atoms with van der Waals surface area (Å²) in [5.41, 5.74) is 0. The van der Waals surface area contributed by atoms with E-state index in [9.17, 15) is 0 Å². The minimum Gasteiger partial charge on any atom is -0.314 e. The van der Waals surface area contributed by atoms with Gasteiger partial charge in [0, 0.05) is 19.0 Å². The van der Waals surface area contributed by atoms with E-state index in [4.69, 9.17) is 0 Å². The maximum atomic E-state index is 4.41. The number of rotatable bonds is 11. The predicted octanol–water partition coefficient (Wildman–Crippen LogP) is 3.18. The lowest BCUT2D eigenvalue weighted by Gasteiger charge is -2.17. The topological polar surface area (TPSA) is 42.7 Å². The molecule has 4 nitrogen and oxygen atoms in total. The van der Waals surface area contributed by atoms with Gasteiger partial charge in [-0.15, -0.1) is 0 Å². The lowest BCUT2D eigenvalue weighted by atomic mass is 10.0. The van der Waals surface area contributed by atoms with Gasteiger partial charge in [0.25, 0.3) is 0 Å². The molecule has 0 aromatic carbocycles. The molecule has 1 rings (SSSR count). The van der Waals surface area contributed by atoms with Gasteiger partial charge in [-0.3, -0.25) is 4.68 Å². The Labute approximate surface area is 118 Å². The predicted molar refractivity (Wildman–Crippen MR) is 80.2 cm³/mol. The third-order valence-corrected chi connectivity index (χ3v) is 3.46. The van der Waals surface area contributed by atoms with Crippen molar-refractivity contribution in [2.75, 3.05) is 6.54 Å². The van der Waals surface area contributed by atoms with Crippen molar-refractivity contribution in [3.05, 3.63) is 12.2 Å². The van der Waals surface area contributed by atoms with E-state index < -0.39 is 0 Å². The molecule has 0 aliphatic rings. The van der Waals surface area contributed by atoms with Crippen LogP contribution in [-0.4, -0.2) is 27.4 Å². The molecule has 0 saturated heterocycles. The standard InChI is InChI=1S/C15H30N4/c1-4-7-8-9-10-14(16-6-3)12-15-17-13-18-19(15)11-5-2/h13-14,16H,4-12H2,1-3H3. The molecule has 0 aliphatic heterocycles. The Bertz CT molecular complexity index is 322. The fourth-order valence-electron chi connectivity index (χ4n) is 2.45. The molecule has 1 N–H and O–H groups in total. The van der Waals surface area contributed by atoms with E-state index in [0.717, 1.165) is 31.8 Å². The third-order valence-electron chi connectivity index (χ3n) is 3.46. The maximum Gasteiger partial charge on any atom is 0.138 e. The Balaban J connectivity index is 2.44. The number of nitrogens with one attached hydrogen (secondary N) is 1. The third kappa shape index (κ3) is 6.19. The summed E-state index contributed by atoms with van der Waals surface area (Å²) >= 11 is 0. The molecule has 0 spiro atoms. The van der Waals surface area contributed by atoms with Crippen LogP contribution < -0.4 is 5.32 Å². The number of likely N-dealkylation sites (N-methyl/N-ethyl adjacent to an activating group) is 1. The molecule has 0 bridgehead atoms. The summed E-state index contributed by atoms with van der Waals surface area (Å²) in [5, 5.41) is 7.89. The van der Waals surface area contributed by atoms with Crippen LogP contribution in [0.4, 0.5) is 0 Å². The van der Waals surface area contributed by atoms with E-state index in [1.807, 2.05) is 0 Å². The minimum atomic E-state index is 0.543. The molecule has 110 valence electrons. The first-order valence-corrected chi connectivity index (χ1v) is 7.91. The molecule has 1 aromatic heterocycles. The number of aryl methyl sites for hydroxylation is 1. The number of hydrogen-bond acceptors (Lipinski definition) is 3. The summed E-state index contributed by atoms with van der Waals surface area (Å²) in [4.78, 5) is 4.41. The van der Waals surface area contributed by atoms with Crippen molar-refractivity contribution < 1.29 is 0 Å². The highest BCUT2D eigenvalue weighted by Gasteiger charge is 2.12. The fraction of sp³-hybridized carbons (Fsp3) is 0.867. The molecule has 19 heavy (non-hydrogen) atoms. The summed E-state index contributed by atoms with van der Waals surface area (Å²) in [5.74, 6) is 1.13. The van der Waals surface area contributed by atoms with Gasteiger partial charge in [0.1, 0.15) is 12.2 Å². The summed E-state index contributed by atoms with van der Waals surface area (Å²) in [6, 6.07) is 0.543. The van der Waals surface area contributed by atoms with Crippen LogP contribution in [0.15, 0.2) is 6.33 Å². The molecule has 0 fully saturated rings. The number of unbranched alkanes of at least 4 members (excludes halogenated alkanes) is 3. The highest BCUT2D eigenvalue weighted by atomic mass is 15.3. The van der Waals surface area contributed by atoms with Crippen LogP contribution in [0.3, 0.4) is 0 Å². The van der Waals surface area contributed by atoms with Crippen molar-refractivity contribution in [2.24, 2.45) is 0 Å². The maximum absolute atomic E-state index is 4.41. The van der Waals surface area contributed by atoms with Crippen molar-refractivity contribution >= 4 is 0 Å². The molecule has 1 unspecified atom stereocenters. The average molecular weight is 266 g/mol. The number of hydrogen-bond donors (Lipinski definition) is 1. The molecule has 0 amide bonds. The zero-order chi connectivity index (χ0) is 13.9. The Morgan fingerprint density at radius 2 is 2.00 bits per heavy atom. The zero-order valence-corrected chi connectivity index (χ0v) is 12.9. The van der Waals surface area contributed by atoms with Gasteiger partial charge < -0.3 is 5.32 Å². The fourth-order valence-corrected chi connectivity index (χ4v) is 2.45. The van der Waals surface area contributed by atoms with Crippen molar-refractivity contribution in [3.63, 3.8) is 0 Å². The highest BCUT2D eigenvalue weighted by Crippen LogP contribution is 2.10. The largest absolute Gasteiger partial charge is 0.314 e. The van der Waals surface area contributed by atoms with Crippen LogP contribution in [0.25, 0.3) is 0 Å². The van der Waals surface area contributed by atoms with Crippen molar-refractivity contribution in [3.8, 4) is 0 Å². The van der Waals surface area contributed by atoms with E-state index >= 15 is 0 Å². The summed E-state index contributed by atoms with van der Waals surface area (Å²) in [7, 11) is 0. The molecular weight excluding hydrogens is 236 g/mol. The second-order valence-electron chi connectivity index (χ2n) is 5.21. The Hall–Kier alpha value is -0.900. The Morgan fingerprint density at radius 1 is 1.16 bits per heavy atom. The van der Waals surface area contributed by atoms with Crippen LogP contribution in [0.1, 0.15) is 65.1 Å². The van der Waals surface area contributed by atoms with Crippen LogP contribution >= 0.6 is 0 Å². The van der Waals surface area contributed by atoms with Gasteiger partial charge in [0.2, 0.25) is 0 Å². The van der Waals surface area contributed by atoms with Crippen molar-refractivity contribution in [2.45, 2.75) is 78.3 Å². The Kier molecular flexibility index (Phi) is 8.47. The highest BCUT2D eigenvalue weighted by molar-refractivity contribution is 4.89. The van der Waals surface area contributed by atoms with Crippen molar-refractivity contribution in [1.29, 1.82) is 0 Å². The van der Waals surface area contributed by atoms with Gasteiger partial charge in [-0.05, 0) is 19.4 Å². The van der Waals surface area contributed by atoms with Gasteiger partial charge in [-0.25, -0.2) is 4.98 Å². The average Bonchev–Trinajstić information content (AvgIpc) is 2.83. The summed E-state index contributed by atoms with van der Waals surface area (Å²) in [6.45, 7) is 8.62. The molecule has 1 aromatic rings. The van der Waals surface area contributed by atoms with Crippen LogP contribution in [0.2, 0.25) is 0 Å². The molecule has 1 atom stereocenters. The van der Waals surface area contributed by atoms with Gasteiger partial charge in [0.15, 0.2) is 0 Å². The van der Waals surface area contributed by atoms with Crippen LogP contribution in [0.5, 0.6) is 0 Å². The smallest absolute Gasteiger partial charge is 0.138 e. The molecule has 0 saturated carbocycles. The lowest BCUT2D eigenvalue weighted by Crippen LogP contribution is -2.32. The second kappa shape index (κ2) is 9.96.